The number of nitrogens with zero attached hydrogens (tertiary/aromatic N) is 2. The molecule has 2 heteroatoms. The van der Waals surface area contributed by atoms with E-state index >= 15 is 0 Å². The Kier molecular flexibility index (Phi) is 7.74. The Hall–Kier alpha value is -7.42. The topological polar surface area (TPSA) is 25.8 Å². The smallest absolute Gasteiger partial charge is 0.161 e. The highest BCUT2D eigenvalue weighted by Crippen LogP contribution is 2.54. The first kappa shape index (κ1) is 35.5. The van der Waals surface area contributed by atoms with Crippen molar-refractivity contribution in [3.63, 3.8) is 0 Å². The van der Waals surface area contributed by atoms with Gasteiger partial charge in [-0.05, 0) is 126 Å². The van der Waals surface area contributed by atoms with Gasteiger partial charge in [-0.25, -0.2) is 9.97 Å². The highest BCUT2D eigenvalue weighted by molar-refractivity contribution is 6.05. The summed E-state index contributed by atoms with van der Waals surface area (Å²) in [5, 5.41) is 4.88. The van der Waals surface area contributed by atoms with E-state index in [4.69, 9.17) is 9.97 Å². The lowest BCUT2D eigenvalue weighted by Crippen LogP contribution is -2.22. The molecule has 0 amide bonds. The molecule has 0 fully saturated rings. The third-order valence-electron chi connectivity index (χ3n) is 13.8. The first-order valence-electron chi connectivity index (χ1n) is 21.3. The predicted molar refractivity (Wildman–Crippen MR) is 254 cm³/mol. The lowest BCUT2D eigenvalue weighted by atomic mass is 9.74. The van der Waals surface area contributed by atoms with Gasteiger partial charge in [-0.1, -0.05) is 178 Å². The number of hydrogen-bond acceptors (Lipinski definition) is 2. The van der Waals surface area contributed by atoms with Crippen LogP contribution in [0.3, 0.4) is 0 Å². The molecule has 12 rings (SSSR count). The van der Waals surface area contributed by atoms with E-state index in [1.54, 1.807) is 0 Å². The van der Waals surface area contributed by atoms with Crippen LogP contribution < -0.4 is 0 Å². The van der Waals surface area contributed by atoms with Crippen LogP contribution in [-0.2, 0) is 10.8 Å². The Balaban J connectivity index is 1.02. The molecule has 0 bridgehead atoms. The van der Waals surface area contributed by atoms with E-state index in [-0.39, 0.29) is 10.8 Å². The van der Waals surface area contributed by atoms with Crippen molar-refractivity contribution >= 4 is 21.5 Å². The Bertz CT molecular complexity index is 3400. The number of benzene rings is 9. The molecule has 9 aromatic carbocycles. The minimum atomic E-state index is -0.309. The first-order valence-corrected chi connectivity index (χ1v) is 21.3. The molecule has 2 aliphatic rings. The van der Waals surface area contributed by atoms with E-state index in [2.05, 4.69) is 221 Å². The normalized spacial score (nSPS) is 15.7. The monoisotopic (exact) mass is 778 g/mol. The summed E-state index contributed by atoms with van der Waals surface area (Å²) in [7, 11) is 0. The van der Waals surface area contributed by atoms with Crippen molar-refractivity contribution in [2.24, 2.45) is 0 Å². The van der Waals surface area contributed by atoms with Crippen molar-refractivity contribution in [1.29, 1.82) is 0 Å². The van der Waals surface area contributed by atoms with Crippen LogP contribution in [-0.4, -0.2) is 9.97 Å². The summed E-state index contributed by atoms with van der Waals surface area (Å²) in [5.41, 5.74) is 18.9. The minimum Gasteiger partial charge on any atom is -0.228 e. The number of hydrogen-bond donors (Lipinski definition) is 0. The quantitative estimate of drug-likeness (QED) is 0.174. The van der Waals surface area contributed by atoms with Crippen molar-refractivity contribution in [3.05, 3.63) is 228 Å². The average molecular weight is 779 g/mol. The van der Waals surface area contributed by atoms with Crippen molar-refractivity contribution in [1.82, 2.24) is 9.97 Å². The fraction of sp³-hybridized carbons (Fsp3) is 0.0847. The summed E-state index contributed by atoms with van der Waals surface area (Å²) in [4.78, 5) is 10.8. The molecule has 0 saturated carbocycles. The zero-order valence-corrected chi connectivity index (χ0v) is 34.4. The summed E-state index contributed by atoms with van der Waals surface area (Å²) in [6.45, 7) is 7.09. The summed E-state index contributed by atoms with van der Waals surface area (Å²) in [6, 6.07) is 73.2. The number of rotatable bonds is 5. The Morgan fingerprint density at radius 1 is 0.328 bits per heavy atom. The molecule has 10 aromatic rings. The molecule has 0 radical (unpaired) electrons. The van der Waals surface area contributed by atoms with E-state index in [1.807, 2.05) is 0 Å². The van der Waals surface area contributed by atoms with Crippen molar-refractivity contribution < 1.29 is 0 Å². The maximum atomic E-state index is 5.45. The average Bonchev–Trinajstić information content (AvgIpc) is 3.71. The SMILES string of the molecule is CC1(C)c2ccc(-c3ccc(-c4nc(-c5ccccc5)cc(-c5ccc6c(c5)C(C)(c5ccccc5)c5ccccc5-6)n4)c4ccccc34)cc2-c2cc3ccccc3cc21. The van der Waals surface area contributed by atoms with Crippen LogP contribution in [0.5, 0.6) is 0 Å². The predicted octanol–water partition coefficient (Wildman–Crippen LogP) is 15.1. The zero-order valence-electron chi connectivity index (χ0n) is 34.4. The van der Waals surface area contributed by atoms with Gasteiger partial charge in [0.05, 0.1) is 11.4 Å². The van der Waals surface area contributed by atoms with Gasteiger partial charge in [0.25, 0.3) is 0 Å². The van der Waals surface area contributed by atoms with Crippen molar-refractivity contribution in [3.8, 4) is 67.3 Å². The van der Waals surface area contributed by atoms with Gasteiger partial charge in [0.15, 0.2) is 5.82 Å². The van der Waals surface area contributed by atoms with Crippen LogP contribution in [0, 0.1) is 0 Å². The van der Waals surface area contributed by atoms with Gasteiger partial charge in [-0.2, -0.15) is 0 Å². The molecule has 0 spiro atoms. The molecule has 288 valence electrons. The van der Waals surface area contributed by atoms with Crippen LogP contribution in [0.15, 0.2) is 200 Å². The third kappa shape index (κ3) is 5.35. The highest BCUT2D eigenvalue weighted by Gasteiger charge is 2.41. The molecule has 1 heterocycles. The lowest BCUT2D eigenvalue weighted by molar-refractivity contribution is 0.661. The van der Waals surface area contributed by atoms with Crippen LogP contribution in [0.1, 0.15) is 48.6 Å². The Labute approximate surface area is 356 Å². The highest BCUT2D eigenvalue weighted by atomic mass is 14.9. The maximum Gasteiger partial charge on any atom is 0.161 e. The van der Waals surface area contributed by atoms with Crippen LogP contribution in [0.2, 0.25) is 0 Å². The van der Waals surface area contributed by atoms with Gasteiger partial charge >= 0.3 is 0 Å². The van der Waals surface area contributed by atoms with Crippen LogP contribution in [0.4, 0.5) is 0 Å². The molecular formula is C59H42N2. The van der Waals surface area contributed by atoms with Gasteiger partial charge < -0.3 is 0 Å². The fourth-order valence-corrected chi connectivity index (χ4v) is 10.6. The molecule has 1 atom stereocenters. The molecule has 0 N–H and O–H groups in total. The molecular weight excluding hydrogens is 737 g/mol. The van der Waals surface area contributed by atoms with E-state index in [1.165, 1.54) is 77.4 Å². The fourth-order valence-electron chi connectivity index (χ4n) is 10.6. The van der Waals surface area contributed by atoms with Gasteiger partial charge in [0.1, 0.15) is 0 Å². The van der Waals surface area contributed by atoms with Gasteiger partial charge in [0, 0.05) is 27.5 Å². The second-order valence-corrected chi connectivity index (χ2v) is 17.5. The van der Waals surface area contributed by atoms with Crippen LogP contribution >= 0.6 is 0 Å². The van der Waals surface area contributed by atoms with E-state index in [0.717, 1.165) is 33.5 Å². The largest absolute Gasteiger partial charge is 0.228 e. The molecule has 1 unspecified atom stereocenters. The zero-order chi connectivity index (χ0) is 40.9. The molecule has 0 aliphatic heterocycles. The van der Waals surface area contributed by atoms with Crippen LogP contribution in [0.25, 0.3) is 88.8 Å². The minimum absolute atomic E-state index is 0.0824. The number of fused-ring (bicyclic) bond motifs is 8. The summed E-state index contributed by atoms with van der Waals surface area (Å²) >= 11 is 0. The summed E-state index contributed by atoms with van der Waals surface area (Å²) in [6.07, 6.45) is 0. The molecule has 2 nitrogen and oxygen atoms in total. The van der Waals surface area contributed by atoms with E-state index < -0.39 is 0 Å². The number of aromatic nitrogens is 2. The third-order valence-corrected chi connectivity index (χ3v) is 13.8. The lowest BCUT2D eigenvalue weighted by Gasteiger charge is -2.28. The standard InChI is InChI=1S/C59H42N2/c1-58(2)51-31-27-40(33-49(51)50-32-38-18-10-11-19-39(38)34-53(50)58)43-29-30-48(45-23-13-12-22-44(43)45)57-60-55(37-16-6-4-7-17-37)36-56(61-57)41-26-28-47-46-24-14-15-25-52(46)59(3,54(47)35-41)42-20-8-5-9-21-42/h4-36H,1-3H3. The Morgan fingerprint density at radius 3 is 1.69 bits per heavy atom. The second-order valence-electron chi connectivity index (χ2n) is 17.5. The second kappa shape index (κ2) is 13.3. The summed E-state index contributed by atoms with van der Waals surface area (Å²) in [5.74, 6) is 0.713. The van der Waals surface area contributed by atoms with Crippen molar-refractivity contribution in [2.45, 2.75) is 31.6 Å². The van der Waals surface area contributed by atoms with Crippen molar-refractivity contribution in [2.75, 3.05) is 0 Å². The Morgan fingerprint density at radius 2 is 0.902 bits per heavy atom. The van der Waals surface area contributed by atoms with Gasteiger partial charge in [-0.3, -0.25) is 0 Å². The van der Waals surface area contributed by atoms with E-state index in [9.17, 15) is 0 Å². The maximum absolute atomic E-state index is 5.45. The van der Waals surface area contributed by atoms with E-state index in [0.29, 0.717) is 5.82 Å². The van der Waals surface area contributed by atoms with Gasteiger partial charge in [0.2, 0.25) is 0 Å². The summed E-state index contributed by atoms with van der Waals surface area (Å²) < 4.78 is 0. The first-order chi connectivity index (χ1) is 29.9. The van der Waals surface area contributed by atoms with Gasteiger partial charge in [-0.15, -0.1) is 0 Å². The molecule has 1 aromatic heterocycles. The molecule has 61 heavy (non-hydrogen) atoms. The molecule has 2 aliphatic carbocycles. The molecule has 0 saturated heterocycles.